The van der Waals surface area contributed by atoms with Gasteiger partial charge in [0.15, 0.2) is 0 Å². The predicted molar refractivity (Wildman–Crippen MR) is 51.3 cm³/mol. The molecule has 0 spiro atoms. The summed E-state index contributed by atoms with van der Waals surface area (Å²) in [5.41, 5.74) is -0.0149. The third kappa shape index (κ3) is 1.99. The van der Waals surface area contributed by atoms with Crippen LogP contribution < -0.4 is 5.32 Å². The van der Waals surface area contributed by atoms with Crippen molar-refractivity contribution in [1.29, 1.82) is 0 Å². The van der Waals surface area contributed by atoms with Crippen LogP contribution in [0.1, 0.15) is 34.6 Å². The van der Waals surface area contributed by atoms with Crippen LogP contribution in [0, 0.1) is 5.92 Å². The quantitative estimate of drug-likeness (QED) is 0.649. The highest BCUT2D eigenvalue weighted by Crippen LogP contribution is 2.29. The monoisotopic (exact) mass is 171 g/mol. The molecule has 0 bridgehead atoms. The second-order valence-corrected chi connectivity index (χ2v) is 4.93. The van der Waals surface area contributed by atoms with Crippen LogP contribution in [0.2, 0.25) is 0 Å². The van der Waals surface area contributed by atoms with Gasteiger partial charge in [-0.05, 0) is 26.7 Å². The minimum absolute atomic E-state index is 0.00174. The van der Waals surface area contributed by atoms with E-state index in [-0.39, 0.29) is 11.2 Å². The van der Waals surface area contributed by atoms with Gasteiger partial charge in [0.05, 0.1) is 11.2 Å². The van der Waals surface area contributed by atoms with Gasteiger partial charge in [-0.3, -0.25) is 0 Å². The standard InChI is InChI=1S/C10H21NO/c1-8(2)10(5)7-11-6-9(3,4)12-10/h8,11H,6-7H2,1-5H3. The Balaban J connectivity index is 2.68. The lowest BCUT2D eigenvalue weighted by Gasteiger charge is -2.46. The van der Waals surface area contributed by atoms with Gasteiger partial charge in [0.25, 0.3) is 0 Å². The number of hydrogen-bond acceptors (Lipinski definition) is 2. The van der Waals surface area contributed by atoms with Gasteiger partial charge in [0.1, 0.15) is 0 Å². The Morgan fingerprint density at radius 1 is 1.17 bits per heavy atom. The zero-order valence-electron chi connectivity index (χ0n) is 8.90. The normalized spacial score (nSPS) is 35.5. The molecule has 0 aromatic heterocycles. The molecule has 0 radical (unpaired) electrons. The summed E-state index contributed by atoms with van der Waals surface area (Å²) in [4.78, 5) is 0. The second-order valence-electron chi connectivity index (χ2n) is 4.93. The Kier molecular flexibility index (Phi) is 2.50. The zero-order valence-corrected chi connectivity index (χ0v) is 8.90. The van der Waals surface area contributed by atoms with Gasteiger partial charge >= 0.3 is 0 Å². The van der Waals surface area contributed by atoms with Crippen LogP contribution in [0.15, 0.2) is 0 Å². The molecule has 1 aliphatic rings. The molecule has 1 rings (SSSR count). The highest BCUT2D eigenvalue weighted by Gasteiger charge is 2.39. The maximum atomic E-state index is 6.06. The molecule has 1 aliphatic heterocycles. The molecule has 1 saturated heterocycles. The number of hydrogen-bond donors (Lipinski definition) is 1. The molecule has 1 fully saturated rings. The third-order valence-corrected chi connectivity index (χ3v) is 2.76. The molecule has 0 aromatic rings. The SMILES string of the molecule is CC(C)C1(C)CNCC(C)(C)O1. The molecule has 72 valence electrons. The smallest absolute Gasteiger partial charge is 0.0808 e. The van der Waals surface area contributed by atoms with Gasteiger partial charge in [0, 0.05) is 13.1 Å². The van der Waals surface area contributed by atoms with E-state index < -0.39 is 0 Å². The minimum Gasteiger partial charge on any atom is -0.367 e. The van der Waals surface area contributed by atoms with E-state index in [0.29, 0.717) is 5.92 Å². The summed E-state index contributed by atoms with van der Waals surface area (Å²) in [6.45, 7) is 12.8. The molecule has 2 heteroatoms. The summed E-state index contributed by atoms with van der Waals surface area (Å²) in [7, 11) is 0. The number of ether oxygens (including phenoxy) is 1. The first kappa shape index (κ1) is 10.0. The average molecular weight is 171 g/mol. The Morgan fingerprint density at radius 2 is 1.75 bits per heavy atom. The van der Waals surface area contributed by atoms with Crippen LogP contribution in [0.3, 0.4) is 0 Å². The van der Waals surface area contributed by atoms with Crippen LogP contribution in [0.4, 0.5) is 0 Å². The van der Waals surface area contributed by atoms with Crippen molar-refractivity contribution in [2.45, 2.75) is 45.8 Å². The maximum absolute atomic E-state index is 6.06. The van der Waals surface area contributed by atoms with Gasteiger partial charge in [-0.1, -0.05) is 13.8 Å². The Labute approximate surface area is 75.7 Å². The maximum Gasteiger partial charge on any atom is 0.0808 e. The van der Waals surface area contributed by atoms with Gasteiger partial charge in [-0.2, -0.15) is 0 Å². The molecule has 0 saturated carbocycles. The first-order valence-electron chi connectivity index (χ1n) is 4.77. The molecule has 1 atom stereocenters. The predicted octanol–water partition coefficient (Wildman–Crippen LogP) is 1.80. The minimum atomic E-state index is -0.0166. The zero-order chi connectivity index (χ0) is 9.41. The van der Waals surface area contributed by atoms with Crippen LogP contribution >= 0.6 is 0 Å². The molecule has 2 nitrogen and oxygen atoms in total. The number of nitrogens with one attached hydrogen (secondary N) is 1. The fourth-order valence-corrected chi connectivity index (χ4v) is 1.64. The van der Waals surface area contributed by atoms with Gasteiger partial charge in [-0.25, -0.2) is 0 Å². The van der Waals surface area contributed by atoms with Crippen molar-refractivity contribution >= 4 is 0 Å². The van der Waals surface area contributed by atoms with E-state index in [1.807, 2.05) is 0 Å². The Morgan fingerprint density at radius 3 is 2.08 bits per heavy atom. The van der Waals surface area contributed by atoms with E-state index >= 15 is 0 Å². The van der Waals surface area contributed by atoms with E-state index in [1.54, 1.807) is 0 Å². The van der Waals surface area contributed by atoms with Gasteiger partial charge in [0.2, 0.25) is 0 Å². The molecular weight excluding hydrogens is 150 g/mol. The molecule has 1 N–H and O–H groups in total. The fourth-order valence-electron chi connectivity index (χ4n) is 1.64. The molecule has 1 heterocycles. The van der Waals surface area contributed by atoms with Crippen molar-refractivity contribution in [2.24, 2.45) is 5.92 Å². The van der Waals surface area contributed by atoms with Crippen LogP contribution in [-0.4, -0.2) is 24.3 Å². The second kappa shape index (κ2) is 3.00. The van der Waals surface area contributed by atoms with Crippen molar-refractivity contribution < 1.29 is 4.74 Å². The molecule has 1 unspecified atom stereocenters. The summed E-state index contributed by atoms with van der Waals surface area (Å²) in [6, 6.07) is 0. The van der Waals surface area contributed by atoms with Crippen LogP contribution in [-0.2, 0) is 4.74 Å². The van der Waals surface area contributed by atoms with Crippen LogP contribution in [0.5, 0.6) is 0 Å². The third-order valence-electron chi connectivity index (χ3n) is 2.76. The van der Waals surface area contributed by atoms with Gasteiger partial charge in [-0.15, -0.1) is 0 Å². The number of rotatable bonds is 1. The van der Waals surface area contributed by atoms with E-state index in [4.69, 9.17) is 4.74 Å². The van der Waals surface area contributed by atoms with E-state index in [2.05, 4.69) is 39.9 Å². The summed E-state index contributed by atoms with van der Waals surface area (Å²) in [6.07, 6.45) is 0. The summed E-state index contributed by atoms with van der Waals surface area (Å²) < 4.78 is 6.06. The summed E-state index contributed by atoms with van der Waals surface area (Å²) in [5, 5.41) is 3.42. The highest BCUT2D eigenvalue weighted by atomic mass is 16.5. The topological polar surface area (TPSA) is 21.3 Å². The van der Waals surface area contributed by atoms with Gasteiger partial charge < -0.3 is 10.1 Å². The largest absolute Gasteiger partial charge is 0.367 e. The fraction of sp³-hybridized carbons (Fsp3) is 1.00. The van der Waals surface area contributed by atoms with Crippen LogP contribution in [0.25, 0.3) is 0 Å². The Hall–Kier alpha value is -0.0800. The lowest BCUT2D eigenvalue weighted by Crippen LogP contribution is -2.58. The van der Waals surface area contributed by atoms with Crippen molar-refractivity contribution in [2.75, 3.05) is 13.1 Å². The van der Waals surface area contributed by atoms with E-state index in [1.165, 1.54) is 0 Å². The van der Waals surface area contributed by atoms with Crippen molar-refractivity contribution in [3.63, 3.8) is 0 Å². The van der Waals surface area contributed by atoms with Crippen molar-refractivity contribution in [3.05, 3.63) is 0 Å². The Bertz CT molecular complexity index is 165. The number of morpholine rings is 1. The van der Waals surface area contributed by atoms with Crippen molar-refractivity contribution in [3.8, 4) is 0 Å². The first-order chi connectivity index (χ1) is 5.36. The van der Waals surface area contributed by atoms with E-state index in [9.17, 15) is 0 Å². The molecular formula is C10H21NO. The highest BCUT2D eigenvalue weighted by molar-refractivity contribution is 4.91. The molecule has 0 amide bonds. The molecule has 0 aliphatic carbocycles. The molecule has 0 aromatic carbocycles. The summed E-state index contributed by atoms with van der Waals surface area (Å²) >= 11 is 0. The lowest BCUT2D eigenvalue weighted by atomic mass is 9.88. The van der Waals surface area contributed by atoms with E-state index in [0.717, 1.165) is 13.1 Å². The summed E-state index contributed by atoms with van der Waals surface area (Å²) in [5.74, 6) is 0.560. The lowest BCUT2D eigenvalue weighted by molar-refractivity contribution is -0.172. The van der Waals surface area contributed by atoms with Crippen molar-refractivity contribution in [1.82, 2.24) is 5.32 Å². The first-order valence-corrected chi connectivity index (χ1v) is 4.77. The molecule has 12 heavy (non-hydrogen) atoms. The average Bonchev–Trinajstić information content (AvgIpc) is 1.83.